The summed E-state index contributed by atoms with van der Waals surface area (Å²) in [4.78, 5) is 35.7. The van der Waals surface area contributed by atoms with Crippen molar-refractivity contribution < 1.29 is 29.0 Å². The number of carboxylic acid groups (broad SMARTS) is 2. The van der Waals surface area contributed by atoms with Crippen molar-refractivity contribution in [1.29, 1.82) is 0 Å². The van der Waals surface area contributed by atoms with Gasteiger partial charge in [0, 0.05) is 18.7 Å². The van der Waals surface area contributed by atoms with Gasteiger partial charge in [-0.05, 0) is 30.7 Å². The Hall–Kier alpha value is -2.44. The molecule has 1 heterocycles. The number of amides is 1. The summed E-state index contributed by atoms with van der Waals surface area (Å²) < 4.78 is 12.8. The fourth-order valence-electron chi connectivity index (χ4n) is 2.46. The van der Waals surface area contributed by atoms with Crippen LogP contribution in [0.2, 0.25) is 0 Å². The highest BCUT2D eigenvalue weighted by Crippen LogP contribution is 2.25. The standard InChI is InChI=1S/C14H14FNO5/c15-9-3-1-8(2-4-9)12(17)16-6-5-10(13(18)19)11(7-16)14(20)21/h1-4,10-11H,5-7H2,(H,18,19)(H,20,21). The van der Waals surface area contributed by atoms with Crippen LogP contribution in [0.1, 0.15) is 16.8 Å². The van der Waals surface area contributed by atoms with Crippen molar-refractivity contribution in [3.05, 3.63) is 35.6 Å². The lowest BCUT2D eigenvalue weighted by molar-refractivity contribution is -0.156. The van der Waals surface area contributed by atoms with E-state index in [1.807, 2.05) is 0 Å². The molecule has 1 aromatic carbocycles. The lowest BCUT2D eigenvalue weighted by atomic mass is 9.85. The van der Waals surface area contributed by atoms with Gasteiger partial charge in [0.2, 0.25) is 0 Å². The smallest absolute Gasteiger partial charge is 0.309 e. The Balaban J connectivity index is 2.15. The minimum absolute atomic E-state index is 0.0826. The van der Waals surface area contributed by atoms with Gasteiger partial charge in [0.1, 0.15) is 5.82 Å². The molecule has 6 nitrogen and oxygen atoms in total. The van der Waals surface area contributed by atoms with Gasteiger partial charge in [0.15, 0.2) is 0 Å². The highest BCUT2D eigenvalue weighted by molar-refractivity contribution is 5.94. The van der Waals surface area contributed by atoms with E-state index in [4.69, 9.17) is 10.2 Å². The highest BCUT2D eigenvalue weighted by Gasteiger charge is 2.40. The van der Waals surface area contributed by atoms with Gasteiger partial charge in [-0.3, -0.25) is 14.4 Å². The van der Waals surface area contributed by atoms with Gasteiger partial charge in [-0.15, -0.1) is 0 Å². The van der Waals surface area contributed by atoms with E-state index >= 15 is 0 Å². The molecule has 1 aliphatic rings. The third-order valence-electron chi connectivity index (χ3n) is 3.63. The quantitative estimate of drug-likeness (QED) is 0.870. The van der Waals surface area contributed by atoms with Crippen LogP contribution in [0.25, 0.3) is 0 Å². The Morgan fingerprint density at radius 1 is 1.05 bits per heavy atom. The molecule has 2 unspecified atom stereocenters. The lowest BCUT2D eigenvalue weighted by Gasteiger charge is -2.34. The van der Waals surface area contributed by atoms with E-state index in [0.717, 1.165) is 12.1 Å². The largest absolute Gasteiger partial charge is 0.481 e. The zero-order valence-corrected chi connectivity index (χ0v) is 11.0. The van der Waals surface area contributed by atoms with Crippen LogP contribution in [0.3, 0.4) is 0 Å². The number of carbonyl (C=O) groups is 3. The Morgan fingerprint density at radius 3 is 2.14 bits per heavy atom. The number of halogens is 1. The summed E-state index contributed by atoms with van der Waals surface area (Å²) in [6, 6.07) is 4.92. The maximum absolute atomic E-state index is 12.8. The molecule has 0 aliphatic carbocycles. The Labute approximate surface area is 119 Å². The Bertz CT molecular complexity index is 571. The normalized spacial score (nSPS) is 21.9. The second kappa shape index (κ2) is 5.90. The van der Waals surface area contributed by atoms with Crippen molar-refractivity contribution in [3.63, 3.8) is 0 Å². The van der Waals surface area contributed by atoms with Gasteiger partial charge in [0.05, 0.1) is 11.8 Å². The summed E-state index contributed by atoms with van der Waals surface area (Å²) in [6.45, 7) is -0.000530. The molecule has 7 heteroatoms. The van der Waals surface area contributed by atoms with E-state index in [2.05, 4.69) is 0 Å². The summed E-state index contributed by atoms with van der Waals surface area (Å²) in [5, 5.41) is 18.1. The molecule has 21 heavy (non-hydrogen) atoms. The molecule has 1 amide bonds. The van der Waals surface area contributed by atoms with Crippen molar-refractivity contribution in [2.24, 2.45) is 11.8 Å². The van der Waals surface area contributed by atoms with Crippen molar-refractivity contribution in [1.82, 2.24) is 4.90 Å². The first-order chi connectivity index (χ1) is 9.90. The maximum Gasteiger partial charge on any atom is 0.309 e. The van der Waals surface area contributed by atoms with Gasteiger partial charge in [-0.1, -0.05) is 0 Å². The van der Waals surface area contributed by atoms with Crippen molar-refractivity contribution in [2.75, 3.05) is 13.1 Å². The first-order valence-electron chi connectivity index (χ1n) is 6.40. The fraction of sp³-hybridized carbons (Fsp3) is 0.357. The van der Waals surface area contributed by atoms with Crippen molar-refractivity contribution in [3.8, 4) is 0 Å². The van der Waals surface area contributed by atoms with Crippen LogP contribution >= 0.6 is 0 Å². The average molecular weight is 295 g/mol. The van der Waals surface area contributed by atoms with E-state index in [0.29, 0.717) is 0 Å². The molecule has 1 aromatic rings. The third-order valence-corrected chi connectivity index (χ3v) is 3.63. The summed E-state index contributed by atoms with van der Waals surface area (Å²) in [5.41, 5.74) is 0.245. The fourth-order valence-corrected chi connectivity index (χ4v) is 2.46. The number of hydrogen-bond acceptors (Lipinski definition) is 3. The lowest BCUT2D eigenvalue weighted by Crippen LogP contribution is -2.48. The van der Waals surface area contributed by atoms with E-state index < -0.39 is 35.5 Å². The van der Waals surface area contributed by atoms with Gasteiger partial charge in [0.25, 0.3) is 5.91 Å². The van der Waals surface area contributed by atoms with Crippen LogP contribution in [-0.2, 0) is 9.59 Å². The van der Waals surface area contributed by atoms with E-state index in [9.17, 15) is 18.8 Å². The van der Waals surface area contributed by atoms with E-state index in [-0.39, 0.29) is 25.1 Å². The van der Waals surface area contributed by atoms with E-state index in [1.54, 1.807) is 0 Å². The second-order valence-electron chi connectivity index (χ2n) is 4.94. The Morgan fingerprint density at radius 2 is 1.62 bits per heavy atom. The summed E-state index contributed by atoms with van der Waals surface area (Å²) in [6.07, 6.45) is 0.0826. The predicted molar refractivity (Wildman–Crippen MR) is 69.2 cm³/mol. The van der Waals surface area contributed by atoms with Gasteiger partial charge < -0.3 is 15.1 Å². The molecular weight excluding hydrogens is 281 g/mol. The number of carboxylic acids is 2. The first kappa shape index (κ1) is 15.0. The minimum Gasteiger partial charge on any atom is -0.481 e. The summed E-state index contributed by atoms with van der Waals surface area (Å²) in [7, 11) is 0. The topological polar surface area (TPSA) is 94.9 Å². The molecule has 2 atom stereocenters. The molecule has 0 radical (unpaired) electrons. The average Bonchev–Trinajstić information content (AvgIpc) is 2.46. The molecule has 112 valence electrons. The number of rotatable bonds is 3. The SMILES string of the molecule is O=C(O)C1CCN(C(=O)c2ccc(F)cc2)CC1C(=O)O. The number of hydrogen-bond donors (Lipinski definition) is 2. The molecule has 1 aliphatic heterocycles. The summed E-state index contributed by atoms with van der Waals surface area (Å²) >= 11 is 0. The molecular formula is C14H14FNO5. The number of aliphatic carboxylic acids is 2. The number of piperidine rings is 1. The molecule has 2 rings (SSSR count). The van der Waals surface area contributed by atoms with Crippen molar-refractivity contribution in [2.45, 2.75) is 6.42 Å². The zero-order chi connectivity index (χ0) is 15.6. The van der Waals surface area contributed by atoms with E-state index in [1.165, 1.54) is 17.0 Å². The molecule has 1 fully saturated rings. The van der Waals surface area contributed by atoms with Crippen LogP contribution in [0.5, 0.6) is 0 Å². The molecule has 0 aromatic heterocycles. The van der Waals surface area contributed by atoms with Gasteiger partial charge in [-0.25, -0.2) is 4.39 Å². The number of carbonyl (C=O) groups excluding carboxylic acids is 1. The van der Waals surface area contributed by atoms with Crippen LogP contribution in [0, 0.1) is 17.7 Å². The monoisotopic (exact) mass is 295 g/mol. The molecule has 0 saturated carbocycles. The first-order valence-corrected chi connectivity index (χ1v) is 6.40. The number of benzene rings is 1. The van der Waals surface area contributed by atoms with Gasteiger partial charge in [-0.2, -0.15) is 0 Å². The predicted octanol–water partition coefficient (Wildman–Crippen LogP) is 1.07. The van der Waals surface area contributed by atoms with Crippen LogP contribution in [0.4, 0.5) is 4.39 Å². The van der Waals surface area contributed by atoms with Crippen LogP contribution in [-0.4, -0.2) is 46.0 Å². The highest BCUT2D eigenvalue weighted by atomic mass is 19.1. The number of nitrogens with zero attached hydrogens (tertiary/aromatic N) is 1. The van der Waals surface area contributed by atoms with Crippen molar-refractivity contribution >= 4 is 17.8 Å². The number of likely N-dealkylation sites (tertiary alicyclic amines) is 1. The zero-order valence-electron chi connectivity index (χ0n) is 11.0. The summed E-state index contributed by atoms with van der Waals surface area (Å²) in [5.74, 6) is -5.44. The van der Waals surface area contributed by atoms with Gasteiger partial charge >= 0.3 is 11.9 Å². The molecule has 0 spiro atoms. The van der Waals surface area contributed by atoms with Crippen LogP contribution in [0.15, 0.2) is 24.3 Å². The maximum atomic E-state index is 12.8. The molecule has 0 bridgehead atoms. The molecule has 2 N–H and O–H groups in total. The van der Waals surface area contributed by atoms with Crippen LogP contribution < -0.4 is 0 Å². The second-order valence-corrected chi connectivity index (χ2v) is 4.94. The third kappa shape index (κ3) is 3.18. The minimum atomic E-state index is -1.24. The Kier molecular flexibility index (Phi) is 4.21. The molecule has 1 saturated heterocycles.